The fourth-order valence-corrected chi connectivity index (χ4v) is 1.04. The van der Waals surface area contributed by atoms with Crippen LogP contribution in [0.25, 0.3) is 0 Å². The first kappa shape index (κ1) is 8.74. The van der Waals surface area contributed by atoms with Crippen molar-refractivity contribution in [2.45, 2.75) is 6.61 Å². The molecule has 0 aliphatic carbocycles. The van der Waals surface area contributed by atoms with Gasteiger partial charge in [-0.2, -0.15) is 0 Å². The van der Waals surface area contributed by atoms with E-state index in [2.05, 4.69) is 0 Å². The number of primary amides is 1. The van der Waals surface area contributed by atoms with Crippen LogP contribution in [0.15, 0.2) is 24.3 Å². The molecule has 0 heterocycles. The highest BCUT2D eigenvalue weighted by Gasteiger charge is 2.05. The Morgan fingerprint density at radius 1 is 1.50 bits per heavy atom. The summed E-state index contributed by atoms with van der Waals surface area (Å²) in [6.07, 6.45) is 0. The predicted molar refractivity (Wildman–Crippen MR) is 45.7 cm³/mol. The zero-order valence-corrected chi connectivity index (χ0v) is 6.91. The molecule has 0 atom stereocenters. The normalized spacial score (nSPS) is 9.75. The van der Waals surface area contributed by atoms with Crippen molar-refractivity contribution in [2.24, 2.45) is 5.73 Å². The van der Waals surface area contributed by atoms with E-state index in [0.29, 0.717) is 12.2 Å². The molecule has 0 saturated heterocycles. The summed E-state index contributed by atoms with van der Waals surface area (Å²) in [5.41, 5.74) is 6.50. The van der Waals surface area contributed by atoms with Crippen molar-refractivity contribution in [3.05, 3.63) is 35.4 Å². The van der Waals surface area contributed by atoms with Gasteiger partial charge in [-0.25, -0.2) is 0 Å². The van der Waals surface area contributed by atoms with Crippen LogP contribution in [0.4, 0.5) is 0 Å². The van der Waals surface area contributed by atoms with Crippen molar-refractivity contribution in [3.8, 4) is 0 Å². The number of rotatable bonds is 3. The lowest BCUT2D eigenvalue weighted by molar-refractivity contribution is 0.0995. The molecule has 0 unspecified atom stereocenters. The van der Waals surface area contributed by atoms with Crippen LogP contribution >= 0.6 is 0 Å². The van der Waals surface area contributed by atoms with Gasteiger partial charge in [-0.3, -0.25) is 4.79 Å². The van der Waals surface area contributed by atoms with Crippen molar-refractivity contribution in [1.82, 2.24) is 0 Å². The highest BCUT2D eigenvalue weighted by atomic mass is 16.5. The van der Waals surface area contributed by atoms with E-state index >= 15 is 0 Å². The Hall–Kier alpha value is -1.35. The maximum atomic E-state index is 10.9. The number of carbonyl (C=O) groups excluding carboxylic acids is 1. The molecule has 0 aliphatic rings. The Bertz CT molecular complexity index is 284. The lowest BCUT2D eigenvalue weighted by atomic mass is 10.1. The molecule has 1 amide bonds. The molecular weight excluding hydrogens is 154 g/mol. The third-order valence-electron chi connectivity index (χ3n) is 1.58. The van der Waals surface area contributed by atoms with Crippen LogP contribution in [0.1, 0.15) is 15.9 Å². The summed E-state index contributed by atoms with van der Waals surface area (Å²) in [6.45, 7) is 0.416. The number of nitrogens with two attached hydrogens (primary N) is 1. The fourth-order valence-electron chi connectivity index (χ4n) is 1.04. The number of amides is 1. The summed E-state index contributed by atoms with van der Waals surface area (Å²) >= 11 is 0. The number of hydrogen-bond acceptors (Lipinski definition) is 2. The van der Waals surface area contributed by atoms with Gasteiger partial charge in [-0.15, -0.1) is 0 Å². The molecule has 1 aromatic rings. The van der Waals surface area contributed by atoms with Crippen LogP contribution in [0.5, 0.6) is 0 Å². The van der Waals surface area contributed by atoms with Gasteiger partial charge in [0, 0.05) is 12.7 Å². The second kappa shape index (κ2) is 3.88. The van der Waals surface area contributed by atoms with Gasteiger partial charge < -0.3 is 10.5 Å². The zero-order chi connectivity index (χ0) is 8.97. The number of hydrogen-bond donors (Lipinski definition) is 1. The molecule has 64 valence electrons. The number of ether oxygens (including phenoxy) is 1. The molecule has 0 bridgehead atoms. The minimum Gasteiger partial charge on any atom is -0.380 e. The molecule has 0 fully saturated rings. The molecule has 3 heteroatoms. The van der Waals surface area contributed by atoms with Crippen molar-refractivity contribution in [2.75, 3.05) is 7.11 Å². The number of carbonyl (C=O) groups is 1. The summed E-state index contributed by atoms with van der Waals surface area (Å²) in [5.74, 6) is -0.414. The molecule has 0 aliphatic heterocycles. The van der Waals surface area contributed by atoms with Gasteiger partial charge in [0.25, 0.3) is 0 Å². The second-order valence-electron chi connectivity index (χ2n) is 2.45. The number of methoxy groups -OCH3 is 1. The Kier molecular flexibility index (Phi) is 2.82. The van der Waals surface area contributed by atoms with E-state index in [-0.39, 0.29) is 0 Å². The summed E-state index contributed by atoms with van der Waals surface area (Å²) in [4.78, 5) is 10.9. The largest absolute Gasteiger partial charge is 0.380 e. The van der Waals surface area contributed by atoms with Crippen molar-refractivity contribution >= 4 is 5.91 Å². The van der Waals surface area contributed by atoms with Gasteiger partial charge >= 0.3 is 0 Å². The second-order valence-corrected chi connectivity index (χ2v) is 2.45. The monoisotopic (exact) mass is 165 g/mol. The van der Waals surface area contributed by atoms with E-state index in [4.69, 9.17) is 10.5 Å². The molecule has 0 spiro atoms. The number of benzene rings is 1. The average Bonchev–Trinajstić information content (AvgIpc) is 2.05. The third-order valence-corrected chi connectivity index (χ3v) is 1.58. The van der Waals surface area contributed by atoms with Crippen LogP contribution < -0.4 is 5.73 Å². The van der Waals surface area contributed by atoms with E-state index in [1.807, 2.05) is 12.1 Å². The van der Waals surface area contributed by atoms with Gasteiger partial charge in [-0.1, -0.05) is 18.2 Å². The van der Waals surface area contributed by atoms with Crippen LogP contribution in [-0.4, -0.2) is 13.0 Å². The predicted octanol–water partition coefficient (Wildman–Crippen LogP) is 0.932. The van der Waals surface area contributed by atoms with Gasteiger partial charge in [0.1, 0.15) is 0 Å². The Balaban J connectivity index is 3.00. The highest BCUT2D eigenvalue weighted by molar-refractivity contribution is 5.94. The maximum absolute atomic E-state index is 10.9. The van der Waals surface area contributed by atoms with Crippen LogP contribution in [0.2, 0.25) is 0 Å². The first-order valence-corrected chi connectivity index (χ1v) is 3.62. The first-order valence-electron chi connectivity index (χ1n) is 3.62. The third kappa shape index (κ3) is 1.83. The van der Waals surface area contributed by atoms with E-state index in [1.54, 1.807) is 19.2 Å². The standard InChI is InChI=1S/C9H11NO2/c1-12-6-7-4-2-3-5-8(7)9(10)11/h2-5H,6H2,1H3,(H2,10,11). The van der Waals surface area contributed by atoms with Gasteiger partial charge in [0.05, 0.1) is 6.61 Å². The zero-order valence-electron chi connectivity index (χ0n) is 6.91. The molecule has 0 radical (unpaired) electrons. The fraction of sp³-hybridized carbons (Fsp3) is 0.222. The van der Waals surface area contributed by atoms with E-state index < -0.39 is 5.91 Å². The molecule has 3 nitrogen and oxygen atoms in total. The van der Waals surface area contributed by atoms with Gasteiger partial charge in [0.15, 0.2) is 0 Å². The van der Waals surface area contributed by atoms with Crippen LogP contribution in [0, 0.1) is 0 Å². The molecule has 0 aromatic heterocycles. The topological polar surface area (TPSA) is 52.3 Å². The van der Waals surface area contributed by atoms with Crippen LogP contribution in [-0.2, 0) is 11.3 Å². The van der Waals surface area contributed by atoms with E-state index in [0.717, 1.165) is 5.56 Å². The smallest absolute Gasteiger partial charge is 0.249 e. The average molecular weight is 165 g/mol. The quantitative estimate of drug-likeness (QED) is 0.724. The van der Waals surface area contributed by atoms with Crippen molar-refractivity contribution in [1.29, 1.82) is 0 Å². The molecule has 1 rings (SSSR count). The highest BCUT2D eigenvalue weighted by Crippen LogP contribution is 2.08. The van der Waals surface area contributed by atoms with Crippen molar-refractivity contribution in [3.63, 3.8) is 0 Å². The van der Waals surface area contributed by atoms with Gasteiger partial charge in [-0.05, 0) is 11.6 Å². The first-order chi connectivity index (χ1) is 5.75. The van der Waals surface area contributed by atoms with Crippen LogP contribution in [0.3, 0.4) is 0 Å². The summed E-state index contributed by atoms with van der Waals surface area (Å²) in [5, 5.41) is 0. The minimum absolute atomic E-state index is 0.414. The maximum Gasteiger partial charge on any atom is 0.249 e. The molecule has 12 heavy (non-hydrogen) atoms. The molecular formula is C9H11NO2. The Labute approximate surface area is 71.1 Å². The summed E-state index contributed by atoms with van der Waals surface area (Å²) in [6, 6.07) is 7.14. The van der Waals surface area contributed by atoms with E-state index in [9.17, 15) is 4.79 Å². The van der Waals surface area contributed by atoms with E-state index in [1.165, 1.54) is 0 Å². The molecule has 2 N–H and O–H groups in total. The lowest BCUT2D eigenvalue weighted by Crippen LogP contribution is -2.13. The van der Waals surface area contributed by atoms with Crippen molar-refractivity contribution < 1.29 is 9.53 Å². The molecule has 1 aromatic carbocycles. The molecule has 0 saturated carbocycles. The summed E-state index contributed by atoms with van der Waals surface area (Å²) in [7, 11) is 1.58. The minimum atomic E-state index is -0.414. The van der Waals surface area contributed by atoms with Gasteiger partial charge in [0.2, 0.25) is 5.91 Å². The SMILES string of the molecule is COCc1ccccc1C(N)=O. The Morgan fingerprint density at radius 2 is 2.17 bits per heavy atom. The summed E-state index contributed by atoms with van der Waals surface area (Å²) < 4.78 is 4.91. The Morgan fingerprint density at radius 3 is 2.75 bits per heavy atom. The lowest BCUT2D eigenvalue weighted by Gasteiger charge is -2.03.